The van der Waals surface area contributed by atoms with E-state index in [1.165, 1.54) is 10.5 Å². The lowest BCUT2D eigenvalue weighted by Crippen LogP contribution is -1.99. The van der Waals surface area contributed by atoms with Gasteiger partial charge in [-0.2, -0.15) is 0 Å². The lowest BCUT2D eigenvalue weighted by atomic mass is 10.2. The average molecular weight is 259 g/mol. The topological polar surface area (TPSA) is 35.2 Å². The molecule has 2 aromatic rings. The zero-order valence-corrected chi connectivity index (χ0v) is 11.2. The maximum atomic E-state index is 5.76. The minimum Gasteiger partial charge on any atom is -0.497 e. The van der Waals surface area contributed by atoms with E-state index < -0.39 is 0 Å². The van der Waals surface area contributed by atoms with Gasteiger partial charge in [0.25, 0.3) is 0 Å². The van der Waals surface area contributed by atoms with Crippen LogP contribution in [0.4, 0.5) is 0 Å². The van der Waals surface area contributed by atoms with E-state index in [-0.39, 0.29) is 0 Å². The number of ether oxygens (including phenoxy) is 1. The third-order valence-corrected chi connectivity index (χ3v) is 3.90. The average Bonchev–Trinajstić information content (AvgIpc) is 2.45. The summed E-state index contributed by atoms with van der Waals surface area (Å²) in [6, 6.07) is 16.5. The molecule has 3 heteroatoms. The summed E-state index contributed by atoms with van der Waals surface area (Å²) >= 11 is 1.79. The van der Waals surface area contributed by atoms with Gasteiger partial charge in [0.05, 0.1) is 7.11 Å². The Morgan fingerprint density at radius 3 is 2.56 bits per heavy atom. The van der Waals surface area contributed by atoms with Crippen LogP contribution < -0.4 is 10.5 Å². The summed E-state index contributed by atoms with van der Waals surface area (Å²) in [5.74, 6) is 1.82. The van der Waals surface area contributed by atoms with Crippen LogP contribution in [-0.4, -0.2) is 7.11 Å². The zero-order chi connectivity index (χ0) is 12.8. The van der Waals surface area contributed by atoms with E-state index in [4.69, 9.17) is 10.5 Å². The molecule has 0 spiro atoms. The number of hydrogen-bond donors (Lipinski definition) is 1. The van der Waals surface area contributed by atoms with Gasteiger partial charge in [0, 0.05) is 17.2 Å². The van der Waals surface area contributed by atoms with Gasteiger partial charge in [-0.1, -0.05) is 36.4 Å². The van der Waals surface area contributed by atoms with Gasteiger partial charge in [-0.3, -0.25) is 0 Å². The quantitative estimate of drug-likeness (QED) is 0.835. The van der Waals surface area contributed by atoms with E-state index in [2.05, 4.69) is 30.3 Å². The van der Waals surface area contributed by atoms with Gasteiger partial charge in [0.2, 0.25) is 0 Å². The van der Waals surface area contributed by atoms with Gasteiger partial charge in [-0.15, -0.1) is 11.8 Å². The van der Waals surface area contributed by atoms with Gasteiger partial charge in [0.15, 0.2) is 0 Å². The van der Waals surface area contributed by atoms with Crippen LogP contribution in [0.3, 0.4) is 0 Å². The molecule has 2 aromatic carbocycles. The van der Waals surface area contributed by atoms with E-state index in [1.807, 2.05) is 18.2 Å². The molecule has 0 saturated carbocycles. The van der Waals surface area contributed by atoms with Gasteiger partial charge in [-0.25, -0.2) is 0 Å². The van der Waals surface area contributed by atoms with Crippen molar-refractivity contribution in [2.24, 2.45) is 5.73 Å². The first-order valence-corrected chi connectivity index (χ1v) is 6.85. The van der Waals surface area contributed by atoms with Crippen molar-refractivity contribution in [3.05, 3.63) is 59.7 Å². The Labute approximate surface area is 112 Å². The first-order valence-electron chi connectivity index (χ1n) is 5.87. The number of nitrogens with two attached hydrogens (primary N) is 1. The lowest BCUT2D eigenvalue weighted by Gasteiger charge is -2.09. The van der Waals surface area contributed by atoms with Crippen molar-refractivity contribution in [2.45, 2.75) is 17.2 Å². The molecule has 0 radical (unpaired) electrons. The highest BCUT2D eigenvalue weighted by Gasteiger charge is 2.04. The second kappa shape index (κ2) is 6.47. The van der Waals surface area contributed by atoms with Crippen molar-refractivity contribution in [1.29, 1.82) is 0 Å². The molecule has 0 fully saturated rings. The molecule has 0 aliphatic heterocycles. The monoisotopic (exact) mass is 259 g/mol. The summed E-state index contributed by atoms with van der Waals surface area (Å²) < 4.78 is 5.25. The predicted molar refractivity (Wildman–Crippen MR) is 76.9 cm³/mol. The van der Waals surface area contributed by atoms with Gasteiger partial charge in [0.1, 0.15) is 5.75 Å². The van der Waals surface area contributed by atoms with Gasteiger partial charge < -0.3 is 10.5 Å². The minimum absolute atomic E-state index is 0.557. The molecule has 0 aromatic heterocycles. The number of hydrogen-bond acceptors (Lipinski definition) is 3. The summed E-state index contributed by atoms with van der Waals surface area (Å²) in [6.45, 7) is 0.557. The molecule has 94 valence electrons. The first kappa shape index (κ1) is 13.0. The van der Waals surface area contributed by atoms with Crippen molar-refractivity contribution in [1.82, 2.24) is 0 Å². The molecule has 18 heavy (non-hydrogen) atoms. The van der Waals surface area contributed by atoms with Crippen LogP contribution >= 0.6 is 11.8 Å². The van der Waals surface area contributed by atoms with E-state index in [0.29, 0.717) is 6.54 Å². The number of methoxy groups -OCH3 is 1. The van der Waals surface area contributed by atoms with Crippen molar-refractivity contribution in [2.75, 3.05) is 7.11 Å². The zero-order valence-electron chi connectivity index (χ0n) is 10.4. The summed E-state index contributed by atoms with van der Waals surface area (Å²) in [5, 5.41) is 0. The largest absolute Gasteiger partial charge is 0.497 e. The lowest BCUT2D eigenvalue weighted by molar-refractivity contribution is 0.413. The molecule has 2 nitrogen and oxygen atoms in total. The molecule has 0 amide bonds. The molecule has 0 bridgehead atoms. The van der Waals surface area contributed by atoms with Crippen LogP contribution in [0, 0.1) is 0 Å². The smallest absolute Gasteiger partial charge is 0.119 e. The molecule has 0 saturated heterocycles. The van der Waals surface area contributed by atoms with Crippen LogP contribution in [0.1, 0.15) is 11.1 Å². The van der Waals surface area contributed by atoms with Crippen LogP contribution in [0.25, 0.3) is 0 Å². The van der Waals surface area contributed by atoms with E-state index in [9.17, 15) is 0 Å². The third-order valence-electron chi connectivity index (χ3n) is 2.73. The van der Waals surface area contributed by atoms with Gasteiger partial charge >= 0.3 is 0 Å². The fourth-order valence-electron chi connectivity index (χ4n) is 1.70. The Hall–Kier alpha value is -1.45. The Morgan fingerprint density at radius 1 is 1.11 bits per heavy atom. The predicted octanol–water partition coefficient (Wildman–Crippen LogP) is 3.45. The van der Waals surface area contributed by atoms with Crippen LogP contribution in [0.2, 0.25) is 0 Å². The molecule has 2 N–H and O–H groups in total. The van der Waals surface area contributed by atoms with Crippen LogP contribution in [-0.2, 0) is 12.3 Å². The molecular weight excluding hydrogens is 242 g/mol. The number of thioether (sulfide) groups is 1. The number of benzene rings is 2. The van der Waals surface area contributed by atoms with Crippen molar-refractivity contribution >= 4 is 11.8 Å². The number of rotatable bonds is 5. The van der Waals surface area contributed by atoms with Crippen LogP contribution in [0.5, 0.6) is 5.75 Å². The maximum absolute atomic E-state index is 5.76. The Bertz CT molecular complexity index is 499. The molecule has 0 aliphatic carbocycles. The second-order valence-corrected chi connectivity index (χ2v) is 4.97. The summed E-state index contributed by atoms with van der Waals surface area (Å²) in [4.78, 5) is 1.20. The SMILES string of the molecule is COc1ccc(CN)c(SCc2ccccc2)c1. The van der Waals surface area contributed by atoms with E-state index in [0.717, 1.165) is 17.1 Å². The highest BCUT2D eigenvalue weighted by Crippen LogP contribution is 2.29. The van der Waals surface area contributed by atoms with E-state index in [1.54, 1.807) is 18.9 Å². The maximum Gasteiger partial charge on any atom is 0.119 e. The highest BCUT2D eigenvalue weighted by molar-refractivity contribution is 7.98. The Kier molecular flexibility index (Phi) is 4.67. The molecule has 0 heterocycles. The summed E-state index contributed by atoms with van der Waals surface area (Å²) in [6.07, 6.45) is 0. The van der Waals surface area contributed by atoms with Crippen LogP contribution in [0.15, 0.2) is 53.4 Å². The summed E-state index contributed by atoms with van der Waals surface area (Å²) in [7, 11) is 1.68. The standard InChI is InChI=1S/C15H17NOS/c1-17-14-8-7-13(10-16)15(9-14)18-11-12-5-3-2-4-6-12/h2-9H,10-11,16H2,1H3. The fourth-order valence-corrected chi connectivity index (χ4v) is 2.75. The highest BCUT2D eigenvalue weighted by atomic mass is 32.2. The Balaban J connectivity index is 2.12. The van der Waals surface area contributed by atoms with Crippen molar-refractivity contribution in [3.63, 3.8) is 0 Å². The molecule has 0 aliphatic rings. The molecule has 2 rings (SSSR count). The molecule has 0 unspecified atom stereocenters. The second-order valence-electron chi connectivity index (χ2n) is 3.95. The molecular formula is C15H17NOS. The van der Waals surface area contributed by atoms with E-state index >= 15 is 0 Å². The van der Waals surface area contributed by atoms with Crippen molar-refractivity contribution in [3.8, 4) is 5.75 Å². The first-order chi connectivity index (χ1) is 8.83. The van der Waals surface area contributed by atoms with Gasteiger partial charge in [-0.05, 0) is 23.3 Å². The third kappa shape index (κ3) is 3.28. The van der Waals surface area contributed by atoms with Crippen molar-refractivity contribution < 1.29 is 4.74 Å². The fraction of sp³-hybridized carbons (Fsp3) is 0.200. The Morgan fingerprint density at radius 2 is 1.89 bits per heavy atom. The summed E-state index contributed by atoms with van der Waals surface area (Å²) in [5.41, 5.74) is 8.23. The minimum atomic E-state index is 0.557. The normalized spacial score (nSPS) is 10.3. The molecule has 0 atom stereocenters.